The molecule has 2 aliphatic rings. The fourth-order valence-electron chi connectivity index (χ4n) is 3.04. The first-order chi connectivity index (χ1) is 11.9. The largest absolute Gasteiger partial charge is 0.466 e. The number of nitrogens with zero attached hydrogens (tertiary/aromatic N) is 1. The van der Waals surface area contributed by atoms with Crippen LogP contribution < -0.4 is 0 Å². The third-order valence-electron chi connectivity index (χ3n) is 4.36. The number of imide groups is 1. The number of hydrogen-bond acceptors (Lipinski definition) is 6. The van der Waals surface area contributed by atoms with E-state index in [0.717, 1.165) is 4.90 Å². The predicted octanol–water partition coefficient (Wildman–Crippen LogP) is 1.88. The summed E-state index contributed by atoms with van der Waals surface area (Å²) >= 11 is 5.91. The Morgan fingerprint density at radius 2 is 1.92 bits per heavy atom. The van der Waals surface area contributed by atoms with Crippen LogP contribution in [0, 0.1) is 5.92 Å². The molecule has 1 atom stereocenters. The highest BCUT2D eigenvalue weighted by molar-refractivity contribution is 6.32. The molecule has 25 heavy (non-hydrogen) atoms. The van der Waals surface area contributed by atoms with Gasteiger partial charge in [-0.1, -0.05) is 11.6 Å². The lowest BCUT2D eigenvalue weighted by molar-refractivity contribution is -0.201. The van der Waals surface area contributed by atoms with Crippen molar-refractivity contribution in [2.75, 3.05) is 26.4 Å². The highest BCUT2D eigenvalue weighted by Gasteiger charge is 2.49. The zero-order valence-electron chi connectivity index (χ0n) is 13.9. The summed E-state index contributed by atoms with van der Waals surface area (Å²) in [6, 6.07) is 4.49. The zero-order valence-corrected chi connectivity index (χ0v) is 14.7. The quantitative estimate of drug-likeness (QED) is 0.583. The van der Waals surface area contributed by atoms with Gasteiger partial charge in [-0.3, -0.25) is 19.3 Å². The van der Waals surface area contributed by atoms with Gasteiger partial charge in [-0.05, 0) is 32.0 Å². The van der Waals surface area contributed by atoms with E-state index < -0.39 is 29.5 Å². The maximum atomic E-state index is 12.6. The summed E-state index contributed by atoms with van der Waals surface area (Å²) < 4.78 is 16.2. The lowest BCUT2D eigenvalue weighted by Crippen LogP contribution is -2.49. The van der Waals surface area contributed by atoms with E-state index in [1.165, 1.54) is 12.1 Å². The summed E-state index contributed by atoms with van der Waals surface area (Å²) in [6.45, 7) is 3.91. The van der Waals surface area contributed by atoms with Crippen LogP contribution in [0.3, 0.4) is 0 Å². The Kier molecular flexibility index (Phi) is 4.81. The third-order valence-corrected chi connectivity index (χ3v) is 4.60. The maximum absolute atomic E-state index is 12.6. The number of ether oxygens (including phenoxy) is 3. The number of halogens is 1. The van der Waals surface area contributed by atoms with E-state index in [0.29, 0.717) is 18.2 Å². The molecule has 1 fully saturated rings. The molecule has 0 N–H and O–H groups in total. The number of amides is 2. The van der Waals surface area contributed by atoms with E-state index in [-0.39, 0.29) is 24.3 Å². The van der Waals surface area contributed by atoms with E-state index in [1.807, 2.05) is 0 Å². The van der Waals surface area contributed by atoms with Crippen molar-refractivity contribution in [3.63, 3.8) is 0 Å². The van der Waals surface area contributed by atoms with Gasteiger partial charge in [-0.15, -0.1) is 0 Å². The molecule has 134 valence electrons. The third kappa shape index (κ3) is 3.15. The topological polar surface area (TPSA) is 82.1 Å². The van der Waals surface area contributed by atoms with Gasteiger partial charge >= 0.3 is 5.97 Å². The molecule has 0 bridgehead atoms. The van der Waals surface area contributed by atoms with Crippen molar-refractivity contribution >= 4 is 29.4 Å². The van der Waals surface area contributed by atoms with E-state index in [1.54, 1.807) is 19.9 Å². The minimum absolute atomic E-state index is 0.170. The SMILES string of the molecule is CCOC(=O)C(CN1C(=O)c2ccc(Cl)cc2C1=O)C1(C)OCCO1. The number of fused-ring (bicyclic) bond motifs is 1. The molecule has 0 spiro atoms. The summed E-state index contributed by atoms with van der Waals surface area (Å²) in [6.07, 6.45) is 0. The van der Waals surface area contributed by atoms with Gasteiger partial charge in [0.05, 0.1) is 30.9 Å². The molecule has 2 heterocycles. The number of rotatable bonds is 5. The molecule has 1 aromatic carbocycles. The van der Waals surface area contributed by atoms with Crippen molar-refractivity contribution in [3.8, 4) is 0 Å². The highest BCUT2D eigenvalue weighted by Crippen LogP contribution is 2.33. The first-order valence-electron chi connectivity index (χ1n) is 7.97. The van der Waals surface area contributed by atoms with Crippen LogP contribution in [0.2, 0.25) is 5.02 Å². The average molecular weight is 368 g/mol. The van der Waals surface area contributed by atoms with Crippen LogP contribution in [-0.2, 0) is 19.0 Å². The summed E-state index contributed by atoms with van der Waals surface area (Å²) in [7, 11) is 0. The molecule has 0 aliphatic carbocycles. The van der Waals surface area contributed by atoms with Crippen molar-refractivity contribution in [1.29, 1.82) is 0 Å². The Balaban J connectivity index is 1.89. The zero-order chi connectivity index (χ0) is 18.2. The van der Waals surface area contributed by atoms with Gasteiger partial charge < -0.3 is 14.2 Å². The molecule has 0 saturated carbocycles. The van der Waals surface area contributed by atoms with Crippen molar-refractivity contribution in [2.24, 2.45) is 5.92 Å². The van der Waals surface area contributed by atoms with Gasteiger partial charge in [-0.25, -0.2) is 0 Å². The van der Waals surface area contributed by atoms with Gasteiger partial charge in [-0.2, -0.15) is 0 Å². The minimum Gasteiger partial charge on any atom is -0.466 e. The van der Waals surface area contributed by atoms with Crippen LogP contribution in [0.25, 0.3) is 0 Å². The molecule has 0 aromatic heterocycles. The molecule has 3 rings (SSSR count). The second kappa shape index (κ2) is 6.74. The number of carbonyl (C=O) groups is 3. The van der Waals surface area contributed by atoms with Crippen LogP contribution in [0.5, 0.6) is 0 Å². The summed E-state index contributed by atoms with van der Waals surface area (Å²) in [5, 5.41) is 0.359. The standard InChI is InChI=1S/C17H18ClNO6/c1-3-23-16(22)13(17(2)24-6-7-25-17)9-19-14(20)11-5-4-10(18)8-12(11)15(19)21/h4-5,8,13H,3,6-7,9H2,1-2H3. The van der Waals surface area contributed by atoms with E-state index >= 15 is 0 Å². The lowest BCUT2D eigenvalue weighted by atomic mass is 9.99. The van der Waals surface area contributed by atoms with Crippen LogP contribution in [-0.4, -0.2) is 54.8 Å². The molecule has 2 amide bonds. The molecule has 0 radical (unpaired) electrons. The molecule has 1 unspecified atom stereocenters. The Hall–Kier alpha value is -1.96. The van der Waals surface area contributed by atoms with Gasteiger partial charge in [0.1, 0.15) is 5.92 Å². The van der Waals surface area contributed by atoms with Crippen molar-refractivity contribution < 1.29 is 28.6 Å². The number of benzene rings is 1. The first-order valence-corrected chi connectivity index (χ1v) is 8.35. The second-order valence-electron chi connectivity index (χ2n) is 5.93. The normalized spacial score (nSPS) is 19.9. The Morgan fingerprint density at radius 3 is 2.56 bits per heavy atom. The number of esters is 1. The molecular weight excluding hydrogens is 350 g/mol. The Labute approximate surface area is 149 Å². The molecule has 1 saturated heterocycles. The van der Waals surface area contributed by atoms with E-state index in [9.17, 15) is 14.4 Å². The van der Waals surface area contributed by atoms with Gasteiger partial charge in [0, 0.05) is 11.6 Å². The van der Waals surface area contributed by atoms with Crippen LogP contribution in [0.1, 0.15) is 34.6 Å². The van der Waals surface area contributed by atoms with E-state index in [2.05, 4.69) is 0 Å². The van der Waals surface area contributed by atoms with Crippen molar-refractivity contribution in [3.05, 3.63) is 34.3 Å². The van der Waals surface area contributed by atoms with Crippen molar-refractivity contribution in [2.45, 2.75) is 19.6 Å². The lowest BCUT2D eigenvalue weighted by Gasteiger charge is -2.32. The molecular formula is C17H18ClNO6. The maximum Gasteiger partial charge on any atom is 0.316 e. The number of hydrogen-bond donors (Lipinski definition) is 0. The van der Waals surface area contributed by atoms with Crippen LogP contribution in [0.15, 0.2) is 18.2 Å². The second-order valence-corrected chi connectivity index (χ2v) is 6.36. The van der Waals surface area contributed by atoms with Crippen LogP contribution in [0.4, 0.5) is 0 Å². The molecule has 2 aliphatic heterocycles. The van der Waals surface area contributed by atoms with E-state index in [4.69, 9.17) is 25.8 Å². The minimum atomic E-state index is -1.25. The smallest absolute Gasteiger partial charge is 0.316 e. The molecule has 7 nitrogen and oxygen atoms in total. The Bertz CT molecular complexity index is 728. The first kappa shape index (κ1) is 17.8. The van der Waals surface area contributed by atoms with Gasteiger partial charge in [0.2, 0.25) is 0 Å². The Morgan fingerprint density at radius 1 is 1.28 bits per heavy atom. The van der Waals surface area contributed by atoms with Crippen LogP contribution >= 0.6 is 11.6 Å². The van der Waals surface area contributed by atoms with Gasteiger partial charge in [0.25, 0.3) is 11.8 Å². The number of carbonyl (C=O) groups excluding carboxylic acids is 3. The summed E-state index contributed by atoms with van der Waals surface area (Å²) in [5.74, 6) is -3.76. The fraction of sp³-hybridized carbons (Fsp3) is 0.471. The van der Waals surface area contributed by atoms with Crippen molar-refractivity contribution in [1.82, 2.24) is 4.90 Å². The highest BCUT2D eigenvalue weighted by atomic mass is 35.5. The summed E-state index contributed by atoms with van der Waals surface area (Å²) in [4.78, 5) is 38.6. The fourth-order valence-corrected chi connectivity index (χ4v) is 3.21. The average Bonchev–Trinajstić information content (AvgIpc) is 3.10. The molecule has 1 aromatic rings. The van der Waals surface area contributed by atoms with Gasteiger partial charge in [0.15, 0.2) is 5.79 Å². The molecule has 8 heteroatoms. The summed E-state index contributed by atoms with van der Waals surface area (Å²) in [5.41, 5.74) is 0.481. The monoisotopic (exact) mass is 367 g/mol. The predicted molar refractivity (Wildman–Crippen MR) is 87.3 cm³/mol.